The van der Waals surface area contributed by atoms with Crippen LogP contribution in [0.3, 0.4) is 0 Å². The van der Waals surface area contributed by atoms with Crippen LogP contribution in [0.25, 0.3) is 0 Å². The molecule has 0 amide bonds. The highest BCUT2D eigenvalue weighted by Gasteiger charge is 2.13. The van der Waals surface area contributed by atoms with E-state index in [1.165, 1.54) is 12.1 Å². The van der Waals surface area contributed by atoms with Gasteiger partial charge in [-0.15, -0.1) is 0 Å². The van der Waals surface area contributed by atoms with Crippen molar-refractivity contribution in [1.29, 1.82) is 0 Å². The monoisotopic (exact) mass is 484 g/mol. The largest absolute Gasteiger partial charge is 0.454 e. The highest BCUT2D eigenvalue weighted by atomic mass is 16.7. The molecule has 2 heterocycles. The number of aryl methyl sites for hydroxylation is 1. The van der Waals surface area contributed by atoms with Crippen LogP contribution < -0.4 is 25.5 Å². The average Bonchev–Trinajstić information content (AvgIpc) is 3.34. The van der Waals surface area contributed by atoms with Crippen molar-refractivity contribution in [3.8, 4) is 11.5 Å². The summed E-state index contributed by atoms with van der Waals surface area (Å²) in [6.07, 6.45) is 1.60. The number of nitrogens with one attached hydrogen (secondary N) is 3. The van der Waals surface area contributed by atoms with Gasteiger partial charge in [0.2, 0.25) is 24.6 Å². The van der Waals surface area contributed by atoms with Gasteiger partial charge in [-0.3, -0.25) is 10.1 Å². The lowest BCUT2D eigenvalue weighted by Gasteiger charge is -2.11. The number of aromatic nitrogens is 3. The van der Waals surface area contributed by atoms with Crippen molar-refractivity contribution in [3.63, 3.8) is 0 Å². The van der Waals surface area contributed by atoms with Gasteiger partial charge in [-0.05, 0) is 54.4 Å². The number of nitro benzene ring substituents is 1. The molecule has 0 unspecified atom stereocenters. The van der Waals surface area contributed by atoms with Gasteiger partial charge in [0, 0.05) is 23.5 Å². The van der Waals surface area contributed by atoms with Crippen molar-refractivity contribution >= 4 is 41.1 Å². The summed E-state index contributed by atoms with van der Waals surface area (Å²) in [4.78, 5) is 23.7. The minimum atomic E-state index is -0.461. The molecule has 0 saturated heterocycles. The molecule has 3 N–H and O–H groups in total. The number of hydrogen-bond acceptors (Lipinski definition) is 11. The van der Waals surface area contributed by atoms with Gasteiger partial charge < -0.3 is 20.1 Å². The van der Waals surface area contributed by atoms with Crippen molar-refractivity contribution < 1.29 is 14.4 Å². The Hall–Kier alpha value is -5.26. The van der Waals surface area contributed by atoms with Crippen molar-refractivity contribution in [2.24, 2.45) is 5.10 Å². The summed E-state index contributed by atoms with van der Waals surface area (Å²) in [6, 6.07) is 19.1. The number of hydrogen-bond donors (Lipinski definition) is 3. The summed E-state index contributed by atoms with van der Waals surface area (Å²) in [5, 5.41) is 21.4. The summed E-state index contributed by atoms with van der Waals surface area (Å²) in [5.74, 6) is 2.02. The molecule has 180 valence electrons. The first-order valence-electron chi connectivity index (χ1n) is 10.8. The van der Waals surface area contributed by atoms with Crippen LogP contribution in [0, 0.1) is 17.0 Å². The van der Waals surface area contributed by atoms with E-state index in [4.69, 9.17) is 9.47 Å². The lowest BCUT2D eigenvalue weighted by molar-refractivity contribution is -0.384. The summed E-state index contributed by atoms with van der Waals surface area (Å²) in [5.41, 5.74) is 6.01. The lowest BCUT2D eigenvalue weighted by atomic mass is 10.2. The quantitative estimate of drug-likeness (QED) is 0.182. The number of ether oxygens (including phenoxy) is 2. The SMILES string of the molecule is Cc1ccccc1Nc1nc(NN=Cc2ccc3c(c2)OCO3)nc(Nc2ccc([N+](=O)[O-])cc2)n1. The Balaban J connectivity index is 1.39. The van der Waals surface area contributed by atoms with Crippen LogP contribution >= 0.6 is 0 Å². The summed E-state index contributed by atoms with van der Waals surface area (Å²) in [7, 11) is 0. The zero-order chi connectivity index (χ0) is 24.9. The number of hydrazone groups is 1. The van der Waals surface area contributed by atoms with E-state index in [-0.39, 0.29) is 30.3 Å². The molecule has 0 radical (unpaired) electrons. The molecule has 0 aliphatic carbocycles. The van der Waals surface area contributed by atoms with Crippen LogP contribution in [0.15, 0.2) is 71.8 Å². The molecule has 0 fully saturated rings. The number of non-ortho nitro benzene ring substituents is 1. The van der Waals surface area contributed by atoms with E-state index in [2.05, 4.69) is 36.1 Å². The van der Waals surface area contributed by atoms with Crippen LogP contribution in [-0.2, 0) is 0 Å². The van der Waals surface area contributed by atoms with Crippen molar-refractivity contribution in [3.05, 3.63) is 88.0 Å². The van der Waals surface area contributed by atoms with Gasteiger partial charge in [0.05, 0.1) is 11.1 Å². The Morgan fingerprint density at radius 1 is 0.917 bits per heavy atom. The zero-order valence-corrected chi connectivity index (χ0v) is 19.0. The number of para-hydroxylation sites is 1. The Bertz CT molecular complexity index is 1440. The van der Waals surface area contributed by atoms with E-state index < -0.39 is 4.92 Å². The maximum atomic E-state index is 10.9. The zero-order valence-electron chi connectivity index (χ0n) is 19.0. The first-order valence-corrected chi connectivity index (χ1v) is 10.8. The van der Waals surface area contributed by atoms with Gasteiger partial charge >= 0.3 is 0 Å². The number of nitrogens with zero attached hydrogens (tertiary/aromatic N) is 5. The van der Waals surface area contributed by atoms with Crippen LogP contribution in [0.5, 0.6) is 11.5 Å². The standard InChI is InChI=1S/C24H20N8O4/c1-15-4-2-3-5-19(15)27-23-28-22(26-17-7-9-18(10-8-17)32(33)34)29-24(30-23)31-25-13-16-6-11-20-21(12-16)36-14-35-20/h2-13H,14H2,1H3,(H3,26,27,28,29,30,31). The molecule has 3 aromatic carbocycles. The minimum absolute atomic E-state index is 0.0154. The number of benzene rings is 3. The van der Waals surface area contributed by atoms with Gasteiger partial charge in [0.1, 0.15) is 0 Å². The van der Waals surface area contributed by atoms with Crippen LogP contribution in [0.2, 0.25) is 0 Å². The fourth-order valence-corrected chi connectivity index (χ4v) is 3.32. The van der Waals surface area contributed by atoms with E-state index >= 15 is 0 Å². The Morgan fingerprint density at radius 3 is 2.42 bits per heavy atom. The maximum absolute atomic E-state index is 10.9. The smallest absolute Gasteiger partial charge is 0.269 e. The number of fused-ring (bicyclic) bond motifs is 1. The van der Waals surface area contributed by atoms with Gasteiger partial charge in [-0.1, -0.05) is 18.2 Å². The molecule has 0 spiro atoms. The van der Waals surface area contributed by atoms with E-state index in [1.807, 2.05) is 49.4 Å². The van der Waals surface area contributed by atoms with Crippen LogP contribution in [0.1, 0.15) is 11.1 Å². The Labute approximate surface area is 205 Å². The number of anilines is 5. The maximum Gasteiger partial charge on any atom is 0.269 e. The molecule has 1 aromatic heterocycles. The highest BCUT2D eigenvalue weighted by Crippen LogP contribution is 2.32. The fraction of sp³-hybridized carbons (Fsp3) is 0.0833. The molecule has 12 heteroatoms. The normalized spacial score (nSPS) is 11.9. The first kappa shape index (κ1) is 22.5. The van der Waals surface area contributed by atoms with E-state index in [9.17, 15) is 10.1 Å². The molecule has 36 heavy (non-hydrogen) atoms. The summed E-state index contributed by atoms with van der Waals surface area (Å²) < 4.78 is 10.7. The molecular formula is C24H20N8O4. The average molecular weight is 484 g/mol. The molecule has 4 aromatic rings. The predicted molar refractivity (Wildman–Crippen MR) is 134 cm³/mol. The third-order valence-electron chi connectivity index (χ3n) is 5.14. The summed E-state index contributed by atoms with van der Waals surface area (Å²) in [6.45, 7) is 2.16. The minimum Gasteiger partial charge on any atom is -0.454 e. The van der Waals surface area contributed by atoms with Crippen molar-refractivity contribution in [2.75, 3.05) is 22.9 Å². The number of nitro groups is 1. The third-order valence-corrected chi connectivity index (χ3v) is 5.14. The molecular weight excluding hydrogens is 464 g/mol. The predicted octanol–water partition coefficient (Wildman–Crippen LogP) is 4.75. The molecule has 12 nitrogen and oxygen atoms in total. The second-order valence-electron chi connectivity index (χ2n) is 7.66. The second kappa shape index (κ2) is 9.93. The molecule has 0 atom stereocenters. The molecule has 0 bridgehead atoms. The van der Waals surface area contributed by atoms with Crippen molar-refractivity contribution in [1.82, 2.24) is 15.0 Å². The fourth-order valence-electron chi connectivity index (χ4n) is 3.32. The first-order chi connectivity index (χ1) is 17.5. The van der Waals surface area contributed by atoms with Gasteiger partial charge in [0.25, 0.3) is 5.69 Å². The molecule has 0 saturated carbocycles. The van der Waals surface area contributed by atoms with E-state index in [0.29, 0.717) is 17.2 Å². The number of rotatable bonds is 8. The van der Waals surface area contributed by atoms with Crippen LogP contribution in [-0.4, -0.2) is 32.9 Å². The van der Waals surface area contributed by atoms with Gasteiger partial charge in [-0.25, -0.2) is 5.43 Å². The Kier molecular flexibility index (Phi) is 6.21. The molecule has 1 aliphatic rings. The van der Waals surface area contributed by atoms with Gasteiger partial charge in [0.15, 0.2) is 11.5 Å². The van der Waals surface area contributed by atoms with Crippen LogP contribution in [0.4, 0.5) is 34.9 Å². The highest BCUT2D eigenvalue weighted by molar-refractivity contribution is 5.81. The van der Waals surface area contributed by atoms with E-state index in [0.717, 1.165) is 16.8 Å². The van der Waals surface area contributed by atoms with E-state index in [1.54, 1.807) is 18.3 Å². The van der Waals surface area contributed by atoms with Crippen molar-refractivity contribution in [2.45, 2.75) is 6.92 Å². The summed E-state index contributed by atoms with van der Waals surface area (Å²) >= 11 is 0. The third kappa shape index (κ3) is 5.28. The molecule has 5 rings (SSSR count). The Morgan fingerprint density at radius 2 is 1.64 bits per heavy atom. The second-order valence-corrected chi connectivity index (χ2v) is 7.66. The topological polar surface area (TPSA) is 149 Å². The van der Waals surface area contributed by atoms with Gasteiger partial charge in [-0.2, -0.15) is 20.1 Å². The molecule has 1 aliphatic heterocycles. The lowest BCUT2D eigenvalue weighted by Crippen LogP contribution is -2.07.